The Hall–Kier alpha value is -2.34. The van der Waals surface area contributed by atoms with Crippen molar-refractivity contribution in [3.05, 3.63) is 35.9 Å². The van der Waals surface area contributed by atoms with Gasteiger partial charge in [0.15, 0.2) is 0 Å². The second-order valence-corrected chi connectivity index (χ2v) is 4.34. The van der Waals surface area contributed by atoms with Gasteiger partial charge in [-0.2, -0.15) is 0 Å². The number of anilines is 1. The van der Waals surface area contributed by atoms with Crippen LogP contribution < -0.4 is 5.32 Å². The number of carboxylic acids is 1. The number of amides is 2. The summed E-state index contributed by atoms with van der Waals surface area (Å²) in [6.45, 7) is 3.54. The number of aliphatic carboxylic acids is 1. The molecule has 6 nitrogen and oxygen atoms in total. The van der Waals surface area contributed by atoms with Crippen LogP contribution in [0.3, 0.4) is 0 Å². The van der Waals surface area contributed by atoms with E-state index < -0.39 is 5.97 Å². The number of benzene rings is 1. The zero-order valence-electron chi connectivity index (χ0n) is 12.2. The quantitative estimate of drug-likeness (QED) is 0.597. The summed E-state index contributed by atoms with van der Waals surface area (Å²) in [5, 5.41) is 11.3. The Balaban J connectivity index is 2.51. The van der Waals surface area contributed by atoms with Crippen molar-refractivity contribution in [2.75, 3.05) is 32.1 Å². The van der Waals surface area contributed by atoms with Gasteiger partial charge in [0.2, 0.25) is 0 Å². The van der Waals surface area contributed by atoms with Crippen LogP contribution in [-0.4, -0.2) is 48.8 Å². The minimum absolute atomic E-state index is 0.219. The van der Waals surface area contributed by atoms with Crippen LogP contribution in [0.1, 0.15) is 12.5 Å². The number of carbonyl (C=O) groups excluding carboxylic acids is 1. The molecule has 0 unspecified atom stereocenters. The Labute approximate surface area is 124 Å². The van der Waals surface area contributed by atoms with E-state index in [4.69, 9.17) is 9.84 Å². The van der Waals surface area contributed by atoms with E-state index in [0.29, 0.717) is 25.4 Å². The Bertz CT molecular complexity index is 497. The largest absolute Gasteiger partial charge is 0.478 e. The first kappa shape index (κ1) is 16.7. The normalized spacial score (nSPS) is 10.6. The Kier molecular flexibility index (Phi) is 6.97. The lowest BCUT2D eigenvalue weighted by Crippen LogP contribution is -2.33. The molecule has 0 spiro atoms. The molecule has 0 bridgehead atoms. The van der Waals surface area contributed by atoms with Gasteiger partial charge in [-0.3, -0.25) is 0 Å². The van der Waals surface area contributed by atoms with Crippen LogP contribution in [0.15, 0.2) is 30.3 Å². The molecule has 2 N–H and O–H groups in total. The fourth-order valence-corrected chi connectivity index (χ4v) is 1.51. The summed E-state index contributed by atoms with van der Waals surface area (Å²) >= 11 is 0. The van der Waals surface area contributed by atoms with E-state index >= 15 is 0 Å². The van der Waals surface area contributed by atoms with Gasteiger partial charge in [-0.15, -0.1) is 0 Å². The molecule has 0 fully saturated rings. The summed E-state index contributed by atoms with van der Waals surface area (Å²) in [5.74, 6) is -0.997. The number of nitrogens with zero attached hydrogens (tertiary/aromatic N) is 1. The van der Waals surface area contributed by atoms with E-state index in [0.717, 1.165) is 11.6 Å². The molecular weight excluding hydrogens is 272 g/mol. The van der Waals surface area contributed by atoms with Gasteiger partial charge < -0.3 is 20.1 Å². The minimum atomic E-state index is -0.997. The van der Waals surface area contributed by atoms with E-state index in [1.54, 1.807) is 31.3 Å². The maximum Gasteiger partial charge on any atom is 0.328 e. The van der Waals surface area contributed by atoms with Gasteiger partial charge in [0.25, 0.3) is 0 Å². The van der Waals surface area contributed by atoms with E-state index in [-0.39, 0.29) is 6.03 Å². The standard InChI is InChI=1S/C15H20N2O4/c1-3-21-11-10-17(2)15(20)16-13-7-4-12(5-8-13)6-9-14(18)19/h4-9H,3,10-11H2,1-2H3,(H,16,20)(H,18,19)/b9-6+. The molecule has 1 rings (SSSR count). The zero-order chi connectivity index (χ0) is 15.7. The molecule has 21 heavy (non-hydrogen) atoms. The molecule has 0 aliphatic carbocycles. The molecule has 0 heterocycles. The van der Waals surface area contributed by atoms with Crippen molar-refractivity contribution in [3.63, 3.8) is 0 Å². The minimum Gasteiger partial charge on any atom is -0.478 e. The highest BCUT2D eigenvalue weighted by molar-refractivity contribution is 5.89. The molecule has 114 valence electrons. The number of hydrogen-bond acceptors (Lipinski definition) is 3. The smallest absolute Gasteiger partial charge is 0.328 e. The van der Waals surface area contributed by atoms with Crippen LogP contribution in [-0.2, 0) is 9.53 Å². The number of ether oxygens (including phenoxy) is 1. The van der Waals surface area contributed by atoms with Crippen LogP contribution in [0, 0.1) is 0 Å². The van der Waals surface area contributed by atoms with Crippen LogP contribution in [0.2, 0.25) is 0 Å². The molecule has 0 aromatic heterocycles. The van der Waals surface area contributed by atoms with Crippen molar-refractivity contribution in [2.24, 2.45) is 0 Å². The van der Waals surface area contributed by atoms with Crippen molar-refractivity contribution in [2.45, 2.75) is 6.92 Å². The molecular formula is C15H20N2O4. The summed E-state index contributed by atoms with van der Waals surface area (Å²) in [6.07, 6.45) is 2.55. The van der Waals surface area contributed by atoms with E-state index in [2.05, 4.69) is 5.32 Å². The number of urea groups is 1. The first-order chi connectivity index (χ1) is 10.0. The third-order valence-electron chi connectivity index (χ3n) is 2.70. The van der Waals surface area contributed by atoms with Crippen molar-refractivity contribution in [3.8, 4) is 0 Å². The summed E-state index contributed by atoms with van der Waals surface area (Å²) < 4.78 is 5.19. The van der Waals surface area contributed by atoms with Gasteiger partial charge in [-0.1, -0.05) is 12.1 Å². The lowest BCUT2D eigenvalue weighted by Gasteiger charge is -2.17. The van der Waals surface area contributed by atoms with Crippen molar-refractivity contribution < 1.29 is 19.4 Å². The molecule has 0 atom stereocenters. The van der Waals surface area contributed by atoms with Crippen LogP contribution in [0.25, 0.3) is 6.08 Å². The van der Waals surface area contributed by atoms with Crippen molar-refractivity contribution in [1.29, 1.82) is 0 Å². The van der Waals surface area contributed by atoms with Crippen molar-refractivity contribution in [1.82, 2.24) is 4.90 Å². The fourth-order valence-electron chi connectivity index (χ4n) is 1.51. The summed E-state index contributed by atoms with van der Waals surface area (Å²) in [7, 11) is 1.69. The second-order valence-electron chi connectivity index (χ2n) is 4.34. The Morgan fingerprint density at radius 2 is 2.00 bits per heavy atom. The molecule has 0 saturated heterocycles. The summed E-state index contributed by atoms with van der Waals surface area (Å²) in [6, 6.07) is 6.68. The van der Waals surface area contributed by atoms with E-state index in [1.807, 2.05) is 6.92 Å². The highest BCUT2D eigenvalue weighted by Crippen LogP contribution is 2.11. The number of likely N-dealkylation sites (N-methyl/N-ethyl adjacent to an activating group) is 1. The molecule has 1 aromatic carbocycles. The maximum atomic E-state index is 11.9. The molecule has 0 saturated carbocycles. The average molecular weight is 292 g/mol. The monoisotopic (exact) mass is 292 g/mol. The number of hydrogen-bond donors (Lipinski definition) is 2. The molecule has 0 radical (unpaired) electrons. The molecule has 6 heteroatoms. The highest BCUT2D eigenvalue weighted by Gasteiger charge is 2.08. The van der Waals surface area contributed by atoms with Gasteiger partial charge >= 0.3 is 12.0 Å². The summed E-state index contributed by atoms with van der Waals surface area (Å²) in [5.41, 5.74) is 1.40. The van der Waals surface area contributed by atoms with Gasteiger partial charge in [-0.05, 0) is 30.7 Å². The molecule has 1 aromatic rings. The lowest BCUT2D eigenvalue weighted by atomic mass is 10.2. The molecule has 0 aliphatic heterocycles. The average Bonchev–Trinajstić information content (AvgIpc) is 2.46. The van der Waals surface area contributed by atoms with Gasteiger partial charge in [0.05, 0.1) is 6.61 Å². The SMILES string of the molecule is CCOCCN(C)C(=O)Nc1ccc(/C=C/C(=O)O)cc1. The lowest BCUT2D eigenvalue weighted by molar-refractivity contribution is -0.131. The maximum absolute atomic E-state index is 11.9. The van der Waals surface area contributed by atoms with E-state index in [1.165, 1.54) is 11.0 Å². The predicted molar refractivity (Wildman–Crippen MR) is 81.3 cm³/mol. The van der Waals surface area contributed by atoms with Gasteiger partial charge in [0.1, 0.15) is 0 Å². The van der Waals surface area contributed by atoms with Gasteiger partial charge in [-0.25, -0.2) is 9.59 Å². The Morgan fingerprint density at radius 1 is 1.33 bits per heavy atom. The van der Waals surface area contributed by atoms with Crippen LogP contribution >= 0.6 is 0 Å². The number of carbonyl (C=O) groups is 2. The second kappa shape index (κ2) is 8.76. The predicted octanol–water partition coefficient (Wildman–Crippen LogP) is 2.28. The fraction of sp³-hybridized carbons (Fsp3) is 0.333. The molecule has 0 aliphatic rings. The summed E-state index contributed by atoms with van der Waals surface area (Å²) in [4.78, 5) is 23.8. The first-order valence-electron chi connectivity index (χ1n) is 6.64. The first-order valence-corrected chi connectivity index (χ1v) is 6.64. The van der Waals surface area contributed by atoms with Crippen LogP contribution in [0.4, 0.5) is 10.5 Å². The zero-order valence-corrected chi connectivity index (χ0v) is 12.2. The third-order valence-corrected chi connectivity index (χ3v) is 2.70. The number of nitrogens with one attached hydrogen (secondary N) is 1. The van der Waals surface area contributed by atoms with E-state index in [9.17, 15) is 9.59 Å². The number of carboxylic acid groups (broad SMARTS) is 1. The highest BCUT2D eigenvalue weighted by atomic mass is 16.5. The Morgan fingerprint density at radius 3 is 2.57 bits per heavy atom. The third kappa shape index (κ3) is 6.58. The molecule has 2 amide bonds. The topological polar surface area (TPSA) is 78.9 Å². The van der Waals surface area contributed by atoms with Crippen molar-refractivity contribution >= 4 is 23.8 Å². The number of rotatable bonds is 7. The van der Waals surface area contributed by atoms with Gasteiger partial charge in [0, 0.05) is 32.0 Å². The van der Waals surface area contributed by atoms with Crippen LogP contribution in [0.5, 0.6) is 0 Å².